The topological polar surface area (TPSA) is 72.8 Å². The highest BCUT2D eigenvalue weighted by Gasteiger charge is 2.30. The normalized spacial score (nSPS) is 20.7. The van der Waals surface area contributed by atoms with Crippen LogP contribution in [0.2, 0.25) is 0 Å². The zero-order chi connectivity index (χ0) is 9.56. The fourth-order valence-electron chi connectivity index (χ4n) is 0.463. The van der Waals surface area contributed by atoms with Crippen molar-refractivity contribution in [2.45, 2.75) is 12.5 Å². The number of ether oxygens (including phenoxy) is 2. The van der Waals surface area contributed by atoms with Gasteiger partial charge in [-0.25, -0.2) is 4.79 Å². The maximum Gasteiger partial charge on any atom is 0.343 e. The van der Waals surface area contributed by atoms with Crippen LogP contribution in [0.5, 0.6) is 0 Å². The number of carbonyl (C=O) groups is 2. The standard InChI is InChI=1S/C4H4O4.C3H6O/c5-2-1-3(6)8-4(2)7;1-3-4-2/h2,5H,1H2;3H,1H2,2H3. The first-order valence-electron chi connectivity index (χ1n) is 3.18. The van der Waals surface area contributed by atoms with Gasteiger partial charge in [0.25, 0.3) is 0 Å². The van der Waals surface area contributed by atoms with E-state index in [9.17, 15) is 9.59 Å². The van der Waals surface area contributed by atoms with Crippen molar-refractivity contribution >= 4 is 11.9 Å². The number of aliphatic hydroxyl groups is 1. The molecule has 1 atom stereocenters. The first-order chi connectivity index (χ1) is 5.61. The zero-order valence-electron chi connectivity index (χ0n) is 6.65. The average Bonchev–Trinajstić information content (AvgIpc) is 2.30. The minimum atomic E-state index is -1.22. The summed E-state index contributed by atoms with van der Waals surface area (Å²) in [6, 6.07) is 0. The Bertz CT molecular complexity index is 186. The molecule has 68 valence electrons. The van der Waals surface area contributed by atoms with E-state index in [1.807, 2.05) is 0 Å². The second kappa shape index (κ2) is 5.31. The van der Waals surface area contributed by atoms with Gasteiger partial charge in [0.1, 0.15) is 0 Å². The van der Waals surface area contributed by atoms with Gasteiger partial charge in [0.2, 0.25) is 0 Å². The Morgan fingerprint density at radius 2 is 2.25 bits per heavy atom. The quantitative estimate of drug-likeness (QED) is 0.332. The summed E-state index contributed by atoms with van der Waals surface area (Å²) >= 11 is 0. The molecular weight excluding hydrogens is 164 g/mol. The smallest absolute Gasteiger partial charge is 0.343 e. The molecule has 5 nitrogen and oxygen atoms in total. The van der Waals surface area contributed by atoms with E-state index in [4.69, 9.17) is 5.11 Å². The summed E-state index contributed by atoms with van der Waals surface area (Å²) in [6.07, 6.45) is -0.0405. The third-order valence-electron chi connectivity index (χ3n) is 1.01. The van der Waals surface area contributed by atoms with Crippen molar-refractivity contribution in [2.24, 2.45) is 0 Å². The molecule has 0 bridgehead atoms. The Kier molecular flexibility index (Phi) is 4.71. The lowest BCUT2D eigenvalue weighted by Crippen LogP contribution is -2.11. The third kappa shape index (κ3) is 3.72. The van der Waals surface area contributed by atoms with Crippen LogP contribution in [-0.4, -0.2) is 30.3 Å². The number of esters is 2. The first-order valence-corrected chi connectivity index (χ1v) is 3.18. The first kappa shape index (κ1) is 10.6. The molecule has 0 aromatic carbocycles. The van der Waals surface area contributed by atoms with Gasteiger partial charge >= 0.3 is 11.9 Å². The highest BCUT2D eigenvalue weighted by molar-refractivity contribution is 5.95. The monoisotopic (exact) mass is 174 g/mol. The molecule has 1 rings (SSSR count). The van der Waals surface area contributed by atoms with E-state index in [2.05, 4.69) is 16.1 Å². The van der Waals surface area contributed by atoms with Crippen LogP contribution in [0.3, 0.4) is 0 Å². The molecule has 1 N–H and O–H groups in total. The van der Waals surface area contributed by atoms with E-state index in [1.54, 1.807) is 7.11 Å². The minimum Gasteiger partial charge on any atom is -0.505 e. The Hall–Kier alpha value is -1.36. The number of aliphatic hydroxyl groups excluding tert-OH is 1. The molecule has 1 saturated heterocycles. The molecule has 0 spiro atoms. The largest absolute Gasteiger partial charge is 0.505 e. The average molecular weight is 174 g/mol. The van der Waals surface area contributed by atoms with Crippen molar-refractivity contribution in [1.82, 2.24) is 0 Å². The highest BCUT2D eigenvalue weighted by Crippen LogP contribution is 2.05. The number of rotatable bonds is 1. The van der Waals surface area contributed by atoms with Crippen LogP contribution in [0.15, 0.2) is 12.8 Å². The molecule has 1 unspecified atom stereocenters. The molecular formula is C7H10O5. The molecule has 1 fully saturated rings. The fraction of sp³-hybridized carbons (Fsp3) is 0.429. The van der Waals surface area contributed by atoms with Crippen LogP contribution in [0.4, 0.5) is 0 Å². The third-order valence-corrected chi connectivity index (χ3v) is 1.01. The molecule has 0 radical (unpaired) electrons. The van der Waals surface area contributed by atoms with E-state index >= 15 is 0 Å². The van der Waals surface area contributed by atoms with Crippen LogP contribution >= 0.6 is 0 Å². The number of carbonyl (C=O) groups excluding carboxylic acids is 2. The van der Waals surface area contributed by atoms with Gasteiger partial charge in [-0.1, -0.05) is 6.58 Å². The molecule has 1 heterocycles. The predicted molar refractivity (Wildman–Crippen MR) is 38.9 cm³/mol. The summed E-state index contributed by atoms with van der Waals surface area (Å²) in [5.74, 6) is -1.49. The second-order valence-electron chi connectivity index (χ2n) is 1.92. The lowest BCUT2D eigenvalue weighted by molar-refractivity contribution is -0.154. The van der Waals surface area contributed by atoms with Gasteiger partial charge in [-0.05, 0) is 0 Å². The second-order valence-corrected chi connectivity index (χ2v) is 1.92. The van der Waals surface area contributed by atoms with Gasteiger partial charge in [0.05, 0.1) is 19.8 Å². The summed E-state index contributed by atoms with van der Waals surface area (Å²) in [7, 11) is 1.56. The van der Waals surface area contributed by atoms with E-state index < -0.39 is 18.0 Å². The van der Waals surface area contributed by atoms with Crippen LogP contribution in [0.1, 0.15) is 6.42 Å². The van der Waals surface area contributed by atoms with Gasteiger partial charge < -0.3 is 14.6 Å². The van der Waals surface area contributed by atoms with Crippen molar-refractivity contribution < 1.29 is 24.2 Å². The van der Waals surface area contributed by atoms with E-state index in [1.165, 1.54) is 6.26 Å². The molecule has 1 aliphatic rings. The maximum atomic E-state index is 10.1. The van der Waals surface area contributed by atoms with Gasteiger partial charge in [0, 0.05) is 0 Å². The Morgan fingerprint density at radius 3 is 2.33 bits per heavy atom. The lowest BCUT2D eigenvalue weighted by atomic mass is 10.3. The molecule has 12 heavy (non-hydrogen) atoms. The van der Waals surface area contributed by atoms with Crippen molar-refractivity contribution in [3.05, 3.63) is 12.8 Å². The fourth-order valence-corrected chi connectivity index (χ4v) is 0.463. The lowest BCUT2D eigenvalue weighted by Gasteiger charge is -1.86. The molecule has 0 aliphatic carbocycles. The molecule has 5 heteroatoms. The van der Waals surface area contributed by atoms with Crippen molar-refractivity contribution in [2.75, 3.05) is 7.11 Å². The van der Waals surface area contributed by atoms with Crippen molar-refractivity contribution in [3.63, 3.8) is 0 Å². The van der Waals surface area contributed by atoms with Gasteiger partial charge in [-0.2, -0.15) is 0 Å². The van der Waals surface area contributed by atoms with Crippen LogP contribution in [0, 0.1) is 0 Å². The summed E-state index contributed by atoms with van der Waals surface area (Å²) in [6.45, 7) is 3.26. The summed E-state index contributed by atoms with van der Waals surface area (Å²) < 4.78 is 8.25. The van der Waals surface area contributed by atoms with Crippen LogP contribution in [-0.2, 0) is 19.1 Å². The van der Waals surface area contributed by atoms with Crippen molar-refractivity contribution in [3.8, 4) is 0 Å². The summed E-state index contributed by atoms with van der Waals surface area (Å²) in [5, 5.41) is 8.47. The molecule has 0 saturated carbocycles. The molecule has 1 aliphatic heterocycles. The highest BCUT2D eigenvalue weighted by atomic mass is 16.6. The Balaban J connectivity index is 0.000000261. The SMILES string of the molecule is C=COC.O=C1CC(O)C(=O)O1. The zero-order valence-corrected chi connectivity index (χ0v) is 6.65. The summed E-state index contributed by atoms with van der Waals surface area (Å²) in [4.78, 5) is 20.2. The van der Waals surface area contributed by atoms with Crippen molar-refractivity contribution in [1.29, 1.82) is 0 Å². The van der Waals surface area contributed by atoms with Crippen LogP contribution in [0.25, 0.3) is 0 Å². The van der Waals surface area contributed by atoms with E-state index in [-0.39, 0.29) is 6.42 Å². The van der Waals surface area contributed by atoms with Gasteiger partial charge in [0.15, 0.2) is 6.10 Å². The minimum absolute atomic E-state index is 0.196. The maximum absolute atomic E-state index is 10.1. The van der Waals surface area contributed by atoms with Gasteiger partial charge in [-0.3, -0.25) is 4.79 Å². The molecule has 0 amide bonds. The number of methoxy groups -OCH3 is 1. The van der Waals surface area contributed by atoms with E-state index in [0.717, 1.165) is 0 Å². The van der Waals surface area contributed by atoms with Crippen LogP contribution < -0.4 is 0 Å². The number of hydrogen-bond acceptors (Lipinski definition) is 5. The molecule has 0 aromatic rings. The predicted octanol–water partition coefficient (Wildman–Crippen LogP) is -0.403. The Labute approximate surface area is 69.6 Å². The van der Waals surface area contributed by atoms with E-state index in [0.29, 0.717) is 0 Å². The van der Waals surface area contributed by atoms with Gasteiger partial charge in [-0.15, -0.1) is 0 Å². The summed E-state index contributed by atoms with van der Waals surface area (Å²) in [5.41, 5.74) is 0. The molecule has 0 aromatic heterocycles. The number of hydrogen-bond donors (Lipinski definition) is 1. The Morgan fingerprint density at radius 1 is 1.75 bits per heavy atom. The number of cyclic esters (lactones) is 2.